The van der Waals surface area contributed by atoms with Gasteiger partial charge in [-0.2, -0.15) is 0 Å². The van der Waals surface area contributed by atoms with Crippen molar-refractivity contribution in [2.45, 2.75) is 78.6 Å². The van der Waals surface area contributed by atoms with Gasteiger partial charge in [0.15, 0.2) is 0 Å². The van der Waals surface area contributed by atoms with Crippen molar-refractivity contribution >= 4 is 0 Å². The van der Waals surface area contributed by atoms with Gasteiger partial charge in [0.1, 0.15) is 0 Å². The molecule has 0 spiro atoms. The number of hydrogen-bond donors (Lipinski definition) is 1. The highest BCUT2D eigenvalue weighted by molar-refractivity contribution is 5.07. The van der Waals surface area contributed by atoms with Crippen LogP contribution in [0.2, 0.25) is 0 Å². The van der Waals surface area contributed by atoms with E-state index < -0.39 is 0 Å². The molecule has 0 radical (unpaired) electrons. The molecular formula is C20H37N. The van der Waals surface area contributed by atoms with Crippen LogP contribution in [0.4, 0.5) is 0 Å². The maximum absolute atomic E-state index is 3.92. The molecule has 0 amide bonds. The molecule has 122 valence electrons. The predicted octanol–water partition coefficient (Wildman–Crippen LogP) is 5.88. The third kappa shape index (κ3) is 6.82. The number of hydrogen-bond acceptors (Lipinski definition) is 1. The van der Waals surface area contributed by atoms with Crippen molar-refractivity contribution in [2.24, 2.45) is 11.3 Å². The van der Waals surface area contributed by atoms with Gasteiger partial charge in [-0.3, -0.25) is 0 Å². The second-order valence-electron chi connectivity index (χ2n) is 7.06. The molecule has 1 aliphatic heterocycles. The summed E-state index contributed by atoms with van der Waals surface area (Å²) in [6, 6.07) is 0. The molecule has 1 heterocycles. The molecule has 0 aromatic rings. The van der Waals surface area contributed by atoms with E-state index in [9.17, 15) is 0 Å². The molecule has 1 fully saturated rings. The van der Waals surface area contributed by atoms with Gasteiger partial charge in [0.2, 0.25) is 0 Å². The average molecular weight is 292 g/mol. The Labute approximate surface area is 133 Å². The van der Waals surface area contributed by atoms with Crippen molar-refractivity contribution in [1.82, 2.24) is 5.32 Å². The largest absolute Gasteiger partial charge is 0.317 e. The summed E-state index contributed by atoms with van der Waals surface area (Å²) in [5.41, 5.74) is 2.18. The standard InChI is InChI=1S/C20H37N/c1-5-14-20(4,7-3)15-8-11-18(6-2)19-12-9-16-21-17-10-13-19/h5,11,19,21H,1,6-10,12-17H2,2-4H3/b18-11-. The first-order valence-corrected chi connectivity index (χ1v) is 9.15. The van der Waals surface area contributed by atoms with Crippen LogP contribution in [-0.2, 0) is 0 Å². The molecule has 0 aromatic carbocycles. The molecule has 1 N–H and O–H groups in total. The molecule has 1 nitrogen and oxygen atoms in total. The van der Waals surface area contributed by atoms with Crippen molar-refractivity contribution in [2.75, 3.05) is 13.1 Å². The SMILES string of the molecule is C=CCC(C)(CC)CC/C=C(/CC)C1CCCNCCC1. The van der Waals surface area contributed by atoms with E-state index in [1.807, 2.05) is 0 Å². The van der Waals surface area contributed by atoms with Crippen LogP contribution in [0, 0.1) is 11.3 Å². The second kappa shape index (κ2) is 10.2. The van der Waals surface area contributed by atoms with Gasteiger partial charge >= 0.3 is 0 Å². The highest BCUT2D eigenvalue weighted by Gasteiger charge is 2.20. The van der Waals surface area contributed by atoms with Crippen molar-refractivity contribution in [3.8, 4) is 0 Å². The van der Waals surface area contributed by atoms with E-state index in [4.69, 9.17) is 0 Å². The number of rotatable bonds is 8. The van der Waals surface area contributed by atoms with Crippen molar-refractivity contribution in [1.29, 1.82) is 0 Å². The van der Waals surface area contributed by atoms with E-state index in [1.165, 1.54) is 64.5 Å². The zero-order valence-corrected chi connectivity index (χ0v) is 14.7. The van der Waals surface area contributed by atoms with E-state index in [-0.39, 0.29) is 0 Å². The lowest BCUT2D eigenvalue weighted by molar-refractivity contribution is 0.290. The minimum Gasteiger partial charge on any atom is -0.317 e. The summed E-state index contributed by atoms with van der Waals surface area (Å²) in [5, 5.41) is 3.52. The van der Waals surface area contributed by atoms with Crippen LogP contribution in [0.1, 0.15) is 78.6 Å². The maximum atomic E-state index is 3.92. The molecule has 1 rings (SSSR count). The van der Waals surface area contributed by atoms with E-state index in [2.05, 4.69) is 44.8 Å². The Morgan fingerprint density at radius 1 is 1.24 bits per heavy atom. The highest BCUT2D eigenvalue weighted by atomic mass is 14.8. The lowest BCUT2D eigenvalue weighted by Crippen LogP contribution is -2.22. The van der Waals surface area contributed by atoms with Gasteiger partial charge in [0.25, 0.3) is 0 Å². The van der Waals surface area contributed by atoms with Crippen molar-refractivity contribution in [3.05, 3.63) is 24.3 Å². The molecule has 0 aromatic heterocycles. The summed E-state index contributed by atoms with van der Waals surface area (Å²) in [4.78, 5) is 0. The zero-order chi connectivity index (χ0) is 15.6. The van der Waals surface area contributed by atoms with Crippen LogP contribution >= 0.6 is 0 Å². The quantitative estimate of drug-likeness (QED) is 0.551. The summed E-state index contributed by atoms with van der Waals surface area (Å²) >= 11 is 0. The fraction of sp³-hybridized carbons (Fsp3) is 0.800. The molecule has 1 heteroatoms. The lowest BCUT2D eigenvalue weighted by Gasteiger charge is -2.27. The van der Waals surface area contributed by atoms with E-state index in [0.29, 0.717) is 5.41 Å². The summed E-state index contributed by atoms with van der Waals surface area (Å²) in [6.45, 7) is 13.4. The molecule has 21 heavy (non-hydrogen) atoms. The Balaban J connectivity index is 2.54. The summed E-state index contributed by atoms with van der Waals surface area (Å²) < 4.78 is 0. The van der Waals surface area contributed by atoms with Crippen molar-refractivity contribution in [3.63, 3.8) is 0 Å². The van der Waals surface area contributed by atoms with Crippen LogP contribution < -0.4 is 5.32 Å². The highest BCUT2D eigenvalue weighted by Crippen LogP contribution is 2.33. The molecule has 0 saturated carbocycles. The Bertz CT molecular complexity index is 310. The Hall–Kier alpha value is -0.560. The van der Waals surface area contributed by atoms with Gasteiger partial charge in [-0.05, 0) is 75.8 Å². The van der Waals surface area contributed by atoms with E-state index in [1.54, 1.807) is 5.57 Å². The van der Waals surface area contributed by atoms with Gasteiger partial charge in [-0.15, -0.1) is 6.58 Å². The third-order valence-corrected chi connectivity index (χ3v) is 5.39. The van der Waals surface area contributed by atoms with Gasteiger partial charge < -0.3 is 5.32 Å². The van der Waals surface area contributed by atoms with Gasteiger partial charge in [0.05, 0.1) is 0 Å². The van der Waals surface area contributed by atoms with Crippen LogP contribution in [0.15, 0.2) is 24.3 Å². The minimum atomic E-state index is 0.446. The fourth-order valence-electron chi connectivity index (χ4n) is 3.56. The van der Waals surface area contributed by atoms with Gasteiger partial charge in [-0.25, -0.2) is 0 Å². The number of nitrogens with one attached hydrogen (secondary N) is 1. The van der Waals surface area contributed by atoms with Gasteiger partial charge in [0, 0.05) is 0 Å². The van der Waals surface area contributed by atoms with E-state index >= 15 is 0 Å². The molecule has 1 atom stereocenters. The topological polar surface area (TPSA) is 12.0 Å². The monoisotopic (exact) mass is 291 g/mol. The fourth-order valence-corrected chi connectivity index (χ4v) is 3.56. The first-order chi connectivity index (χ1) is 10.1. The zero-order valence-electron chi connectivity index (χ0n) is 14.7. The van der Waals surface area contributed by atoms with E-state index in [0.717, 1.165) is 12.3 Å². The third-order valence-electron chi connectivity index (χ3n) is 5.39. The average Bonchev–Trinajstić information content (AvgIpc) is 2.44. The van der Waals surface area contributed by atoms with Crippen LogP contribution in [-0.4, -0.2) is 13.1 Å². The molecule has 1 aliphatic rings. The minimum absolute atomic E-state index is 0.446. The molecule has 1 saturated heterocycles. The summed E-state index contributed by atoms with van der Waals surface area (Å²) in [7, 11) is 0. The second-order valence-corrected chi connectivity index (χ2v) is 7.06. The lowest BCUT2D eigenvalue weighted by atomic mass is 9.79. The van der Waals surface area contributed by atoms with Gasteiger partial charge in [-0.1, -0.05) is 44.9 Å². The molecular weight excluding hydrogens is 254 g/mol. The Morgan fingerprint density at radius 2 is 1.90 bits per heavy atom. The summed E-state index contributed by atoms with van der Waals surface area (Å²) in [5.74, 6) is 0.851. The normalized spacial score (nSPS) is 21.4. The molecule has 0 aliphatic carbocycles. The van der Waals surface area contributed by atoms with Crippen LogP contribution in [0.5, 0.6) is 0 Å². The number of allylic oxidation sites excluding steroid dienone is 3. The Kier molecular flexibility index (Phi) is 8.99. The maximum Gasteiger partial charge on any atom is -0.00487 e. The molecule has 0 bridgehead atoms. The first-order valence-electron chi connectivity index (χ1n) is 9.15. The first kappa shape index (κ1) is 18.5. The Morgan fingerprint density at radius 3 is 2.43 bits per heavy atom. The summed E-state index contributed by atoms with van der Waals surface area (Å²) in [6.07, 6.45) is 16.3. The smallest absolute Gasteiger partial charge is 0.00487 e. The molecule has 1 unspecified atom stereocenters. The van der Waals surface area contributed by atoms with Crippen molar-refractivity contribution < 1.29 is 0 Å². The predicted molar refractivity (Wildman–Crippen MR) is 95.6 cm³/mol. The van der Waals surface area contributed by atoms with Crippen LogP contribution in [0.3, 0.4) is 0 Å². The van der Waals surface area contributed by atoms with Crippen LogP contribution in [0.25, 0.3) is 0 Å².